The third kappa shape index (κ3) is 8.26. The lowest BCUT2D eigenvalue weighted by molar-refractivity contribution is 0.0313. The molecule has 0 aliphatic heterocycles. The molecule has 0 spiro atoms. The quantitative estimate of drug-likeness (QED) is 0.564. The molecule has 2 heteroatoms. The number of hydrogen-bond donors (Lipinski definition) is 1. The van der Waals surface area contributed by atoms with Gasteiger partial charge in [0.1, 0.15) is 0 Å². The number of hydrogen-bond acceptors (Lipinski definition) is 2. The lowest BCUT2D eigenvalue weighted by Crippen LogP contribution is -2.14. The monoisotopic (exact) mass is 188 g/mol. The molecule has 1 unspecified atom stereocenters. The van der Waals surface area contributed by atoms with Crippen LogP contribution in [0.1, 0.15) is 52.4 Å². The van der Waals surface area contributed by atoms with E-state index < -0.39 is 0 Å². The number of aliphatic hydroxyl groups excluding tert-OH is 1. The maximum Gasteiger partial charge on any atom is 0.0594 e. The fourth-order valence-corrected chi connectivity index (χ4v) is 1.33. The fraction of sp³-hybridized carbons (Fsp3) is 1.00. The van der Waals surface area contributed by atoms with E-state index in [1.165, 1.54) is 19.3 Å². The molecule has 0 aromatic rings. The zero-order valence-corrected chi connectivity index (χ0v) is 9.09. The van der Waals surface area contributed by atoms with Gasteiger partial charge in [-0.15, -0.1) is 0 Å². The molecule has 0 saturated heterocycles. The molecule has 0 aromatic carbocycles. The van der Waals surface area contributed by atoms with Crippen LogP contribution in [0.15, 0.2) is 0 Å². The van der Waals surface area contributed by atoms with Gasteiger partial charge in [-0.1, -0.05) is 33.1 Å². The van der Waals surface area contributed by atoms with Gasteiger partial charge in [-0.25, -0.2) is 0 Å². The highest BCUT2D eigenvalue weighted by molar-refractivity contribution is 4.54. The van der Waals surface area contributed by atoms with Crippen LogP contribution in [0, 0.1) is 0 Å². The molecule has 0 amide bonds. The second-order valence-electron chi connectivity index (χ2n) is 3.47. The Bertz CT molecular complexity index is 94.1. The highest BCUT2D eigenvalue weighted by Gasteiger charge is 2.04. The van der Waals surface area contributed by atoms with Crippen LogP contribution in [0.5, 0.6) is 0 Å². The second-order valence-corrected chi connectivity index (χ2v) is 3.47. The highest BCUT2D eigenvalue weighted by atomic mass is 16.5. The smallest absolute Gasteiger partial charge is 0.0594 e. The van der Waals surface area contributed by atoms with Crippen molar-refractivity contribution < 1.29 is 9.84 Å². The van der Waals surface area contributed by atoms with Gasteiger partial charge in [0.25, 0.3) is 0 Å². The Hall–Kier alpha value is -0.0800. The predicted molar refractivity (Wildman–Crippen MR) is 55.9 cm³/mol. The fourth-order valence-electron chi connectivity index (χ4n) is 1.33. The maximum absolute atomic E-state index is 8.73. The van der Waals surface area contributed by atoms with Gasteiger partial charge >= 0.3 is 0 Å². The summed E-state index contributed by atoms with van der Waals surface area (Å²) in [7, 11) is 0. The maximum atomic E-state index is 8.73. The molecule has 1 N–H and O–H groups in total. The van der Waals surface area contributed by atoms with E-state index in [0.29, 0.717) is 0 Å². The molecule has 0 aromatic heterocycles. The summed E-state index contributed by atoms with van der Waals surface area (Å²) in [5.74, 6) is 0. The van der Waals surface area contributed by atoms with Crippen molar-refractivity contribution in [3.8, 4) is 0 Å². The van der Waals surface area contributed by atoms with Crippen LogP contribution in [0.2, 0.25) is 0 Å². The number of rotatable bonds is 9. The number of aliphatic hydroxyl groups is 1. The highest BCUT2D eigenvalue weighted by Crippen LogP contribution is 2.05. The van der Waals surface area contributed by atoms with Crippen LogP contribution < -0.4 is 0 Å². The van der Waals surface area contributed by atoms with Gasteiger partial charge in [0.05, 0.1) is 6.10 Å². The molecule has 0 bridgehead atoms. The van der Waals surface area contributed by atoms with Crippen molar-refractivity contribution in [2.45, 2.75) is 58.5 Å². The average molecular weight is 188 g/mol. The van der Waals surface area contributed by atoms with Crippen molar-refractivity contribution in [2.75, 3.05) is 13.2 Å². The number of unbranched alkanes of at least 4 members (excludes halogenated alkanes) is 3. The summed E-state index contributed by atoms with van der Waals surface area (Å²) in [5, 5.41) is 8.73. The Kier molecular flexibility index (Phi) is 9.94. The molecule has 2 nitrogen and oxygen atoms in total. The Morgan fingerprint density at radius 3 is 2.46 bits per heavy atom. The molecule has 0 heterocycles. The Morgan fingerprint density at radius 1 is 1.15 bits per heavy atom. The van der Waals surface area contributed by atoms with Crippen molar-refractivity contribution >= 4 is 0 Å². The molecule has 0 saturated carbocycles. The van der Waals surface area contributed by atoms with Crippen LogP contribution in [0.3, 0.4) is 0 Å². The summed E-state index contributed by atoms with van der Waals surface area (Å²) in [6.07, 6.45) is 7.07. The zero-order chi connectivity index (χ0) is 9.94. The Morgan fingerprint density at radius 2 is 1.92 bits per heavy atom. The van der Waals surface area contributed by atoms with Crippen LogP contribution >= 0.6 is 0 Å². The van der Waals surface area contributed by atoms with Crippen LogP contribution in [0.4, 0.5) is 0 Å². The minimum absolute atomic E-state index is 0.244. The van der Waals surface area contributed by atoms with Crippen molar-refractivity contribution in [3.05, 3.63) is 0 Å². The first kappa shape index (κ1) is 12.9. The van der Waals surface area contributed by atoms with E-state index in [2.05, 4.69) is 13.8 Å². The first-order chi connectivity index (χ1) is 6.35. The molecular formula is C11H24O2. The van der Waals surface area contributed by atoms with E-state index >= 15 is 0 Å². The summed E-state index contributed by atoms with van der Waals surface area (Å²) in [6, 6.07) is 0. The van der Waals surface area contributed by atoms with Crippen molar-refractivity contribution in [3.63, 3.8) is 0 Å². The summed E-state index contributed by atoms with van der Waals surface area (Å²) >= 11 is 0. The average Bonchev–Trinajstić information content (AvgIpc) is 2.16. The molecule has 1 atom stereocenters. The minimum atomic E-state index is 0.244. The van der Waals surface area contributed by atoms with E-state index in [1.54, 1.807) is 0 Å². The third-order valence-corrected chi connectivity index (χ3v) is 2.26. The van der Waals surface area contributed by atoms with Gasteiger partial charge in [0.2, 0.25) is 0 Å². The van der Waals surface area contributed by atoms with Gasteiger partial charge in [0, 0.05) is 13.2 Å². The van der Waals surface area contributed by atoms with Crippen molar-refractivity contribution in [1.29, 1.82) is 0 Å². The largest absolute Gasteiger partial charge is 0.396 e. The normalized spacial score (nSPS) is 13.2. The van der Waals surface area contributed by atoms with Gasteiger partial charge in [-0.3, -0.25) is 0 Å². The molecule has 80 valence electrons. The summed E-state index contributed by atoms with van der Waals surface area (Å²) in [5.41, 5.74) is 0. The standard InChI is InChI=1S/C11H24O2/c1-3-5-6-7-10-13-11(4-2)8-9-12/h11-12H,3-10H2,1-2H3. The molecule has 0 radical (unpaired) electrons. The molecular weight excluding hydrogens is 164 g/mol. The lowest BCUT2D eigenvalue weighted by atomic mass is 10.2. The first-order valence-corrected chi connectivity index (χ1v) is 5.57. The van der Waals surface area contributed by atoms with E-state index in [4.69, 9.17) is 9.84 Å². The van der Waals surface area contributed by atoms with Crippen molar-refractivity contribution in [1.82, 2.24) is 0 Å². The zero-order valence-electron chi connectivity index (χ0n) is 9.09. The van der Waals surface area contributed by atoms with Crippen LogP contribution in [-0.2, 0) is 4.74 Å². The topological polar surface area (TPSA) is 29.5 Å². The predicted octanol–water partition coefficient (Wildman–Crippen LogP) is 2.74. The summed E-state index contributed by atoms with van der Waals surface area (Å²) in [4.78, 5) is 0. The van der Waals surface area contributed by atoms with Crippen LogP contribution in [0.25, 0.3) is 0 Å². The Balaban J connectivity index is 3.17. The first-order valence-electron chi connectivity index (χ1n) is 5.57. The molecule has 0 rings (SSSR count). The number of ether oxygens (including phenoxy) is 1. The van der Waals surface area contributed by atoms with Gasteiger partial charge in [-0.05, 0) is 19.3 Å². The molecule has 0 fully saturated rings. The van der Waals surface area contributed by atoms with Gasteiger partial charge in [-0.2, -0.15) is 0 Å². The lowest BCUT2D eigenvalue weighted by Gasteiger charge is -2.14. The molecule has 0 aliphatic rings. The Labute approximate surface area is 82.3 Å². The van der Waals surface area contributed by atoms with Gasteiger partial charge in [0.15, 0.2) is 0 Å². The van der Waals surface area contributed by atoms with E-state index in [1.807, 2.05) is 0 Å². The second kappa shape index (κ2) is 10.0. The van der Waals surface area contributed by atoms with E-state index in [9.17, 15) is 0 Å². The molecule has 13 heavy (non-hydrogen) atoms. The van der Waals surface area contributed by atoms with Crippen LogP contribution in [-0.4, -0.2) is 24.4 Å². The third-order valence-electron chi connectivity index (χ3n) is 2.26. The van der Waals surface area contributed by atoms with E-state index in [-0.39, 0.29) is 12.7 Å². The molecule has 0 aliphatic carbocycles. The van der Waals surface area contributed by atoms with Gasteiger partial charge < -0.3 is 9.84 Å². The summed E-state index contributed by atoms with van der Waals surface area (Å²) in [6.45, 7) is 5.42. The summed E-state index contributed by atoms with van der Waals surface area (Å²) < 4.78 is 5.62. The van der Waals surface area contributed by atoms with Crippen molar-refractivity contribution in [2.24, 2.45) is 0 Å². The minimum Gasteiger partial charge on any atom is -0.396 e. The van der Waals surface area contributed by atoms with E-state index in [0.717, 1.165) is 25.9 Å². The SMILES string of the molecule is CCCCCCOC(CC)CCO.